The summed E-state index contributed by atoms with van der Waals surface area (Å²) >= 11 is 0. The quantitative estimate of drug-likeness (QED) is 0.253. The molecule has 0 radical (unpaired) electrons. The van der Waals surface area contributed by atoms with Gasteiger partial charge in [0.2, 0.25) is 0 Å². The maximum Gasteiger partial charge on any atom is 0.121 e. The van der Waals surface area contributed by atoms with Gasteiger partial charge >= 0.3 is 0 Å². The lowest BCUT2D eigenvalue weighted by Gasteiger charge is -2.33. The molecule has 4 aromatic carbocycles. The van der Waals surface area contributed by atoms with Gasteiger partial charge in [-0.05, 0) is 55.9 Å². The van der Waals surface area contributed by atoms with Gasteiger partial charge in [0.1, 0.15) is 8.07 Å². The number of allylic oxidation sites excluding steroid dienone is 2. The Morgan fingerprint density at radius 2 is 0.865 bits per heavy atom. The van der Waals surface area contributed by atoms with Crippen molar-refractivity contribution in [1.29, 1.82) is 10.5 Å². The normalized spacial score (nSPS) is 14.4. The van der Waals surface area contributed by atoms with Crippen LogP contribution in [0.25, 0.3) is 21.5 Å². The van der Waals surface area contributed by atoms with Gasteiger partial charge in [-0.25, -0.2) is 0 Å². The van der Waals surface area contributed by atoms with E-state index in [0.29, 0.717) is 11.1 Å². The summed E-state index contributed by atoms with van der Waals surface area (Å²) in [5.41, 5.74) is 8.15. The predicted molar refractivity (Wildman–Crippen MR) is 156 cm³/mol. The number of hydrogen-bond acceptors (Lipinski definition) is 2. The second-order valence-electron chi connectivity index (χ2n) is 9.34. The Morgan fingerprint density at radius 3 is 1.22 bits per heavy atom. The van der Waals surface area contributed by atoms with Crippen molar-refractivity contribution in [2.45, 2.75) is 25.9 Å². The summed E-state index contributed by atoms with van der Waals surface area (Å²) in [4.78, 5) is 0. The second-order valence-corrected chi connectivity index (χ2v) is 13.9. The summed E-state index contributed by atoms with van der Waals surface area (Å²) in [5, 5.41) is 23.0. The van der Waals surface area contributed by atoms with E-state index >= 15 is 0 Å². The summed E-state index contributed by atoms with van der Waals surface area (Å²) in [6.07, 6.45) is 0. The number of nitriles is 2. The average molecular weight is 493 g/mol. The van der Waals surface area contributed by atoms with Crippen LogP contribution in [0.15, 0.2) is 109 Å². The minimum Gasteiger partial charge on any atom is -0.192 e. The number of nitrogens with zero attached hydrogens (tertiary/aromatic N) is 2. The fourth-order valence-corrected chi connectivity index (χ4v) is 11.1. The maximum absolute atomic E-state index is 10.2. The van der Waals surface area contributed by atoms with Crippen LogP contribution in [0.2, 0.25) is 12.1 Å². The van der Waals surface area contributed by atoms with E-state index < -0.39 is 8.07 Å². The first-order valence-corrected chi connectivity index (χ1v) is 15.2. The number of hydrogen-bond donors (Lipinski definition) is 0. The maximum atomic E-state index is 10.2. The van der Waals surface area contributed by atoms with Crippen LogP contribution in [0.5, 0.6) is 0 Å². The molecule has 2 nitrogen and oxygen atoms in total. The predicted octanol–water partition coefficient (Wildman–Crippen LogP) is 8.53. The van der Waals surface area contributed by atoms with E-state index in [1.54, 1.807) is 0 Å². The van der Waals surface area contributed by atoms with E-state index in [2.05, 4.69) is 86.6 Å². The molecule has 0 bridgehead atoms. The molecular formula is C34H28N2Si. The van der Waals surface area contributed by atoms with E-state index in [0.717, 1.165) is 34.3 Å². The fraction of sp³-hybridized carbons (Fsp3) is 0.118. The lowest BCUT2D eigenvalue weighted by molar-refractivity contribution is 1.29. The Morgan fingerprint density at radius 1 is 0.514 bits per heavy atom. The van der Waals surface area contributed by atoms with Crippen LogP contribution in [0.3, 0.4) is 0 Å². The first kappa shape index (κ1) is 24.3. The second kappa shape index (κ2) is 10.3. The highest BCUT2D eigenvalue weighted by molar-refractivity contribution is 7.14. The minimum atomic E-state index is -2.45. The van der Waals surface area contributed by atoms with E-state index in [4.69, 9.17) is 0 Å². The summed E-state index contributed by atoms with van der Waals surface area (Å²) in [6.45, 7) is 4.58. The van der Waals surface area contributed by atoms with Crippen molar-refractivity contribution < 1.29 is 0 Å². The van der Waals surface area contributed by atoms with Crippen molar-refractivity contribution >= 4 is 29.6 Å². The molecule has 0 saturated carbocycles. The van der Waals surface area contributed by atoms with Crippen molar-refractivity contribution in [3.8, 4) is 12.1 Å². The summed E-state index contributed by atoms with van der Waals surface area (Å²) in [7, 11) is -2.45. The summed E-state index contributed by atoms with van der Waals surface area (Å²) in [6, 6.07) is 44.1. The van der Waals surface area contributed by atoms with Gasteiger partial charge in [-0.15, -0.1) is 0 Å². The van der Waals surface area contributed by atoms with Gasteiger partial charge in [0.25, 0.3) is 0 Å². The highest BCUT2D eigenvalue weighted by Gasteiger charge is 2.49. The Bertz CT molecular complexity index is 1480. The number of benzene rings is 4. The minimum absolute atomic E-state index is 0.701. The summed E-state index contributed by atoms with van der Waals surface area (Å²) in [5.74, 6) is 0. The topological polar surface area (TPSA) is 47.6 Å². The molecule has 0 atom stereocenters. The molecule has 0 spiro atoms. The van der Waals surface area contributed by atoms with Crippen LogP contribution in [-0.2, 0) is 0 Å². The van der Waals surface area contributed by atoms with Gasteiger partial charge in [-0.1, -0.05) is 123 Å². The van der Waals surface area contributed by atoms with E-state index in [1.165, 1.54) is 21.5 Å². The third-order valence-electron chi connectivity index (χ3n) is 7.67. The molecule has 1 aliphatic heterocycles. The molecule has 0 saturated heterocycles. The van der Waals surface area contributed by atoms with Crippen LogP contribution in [-0.4, -0.2) is 8.07 Å². The van der Waals surface area contributed by atoms with Crippen molar-refractivity contribution in [1.82, 2.24) is 0 Å². The van der Waals surface area contributed by atoms with Gasteiger partial charge in [0, 0.05) is 0 Å². The molecule has 0 N–H and O–H groups in total. The van der Waals surface area contributed by atoms with Crippen molar-refractivity contribution in [2.75, 3.05) is 0 Å². The van der Waals surface area contributed by atoms with Gasteiger partial charge < -0.3 is 0 Å². The van der Waals surface area contributed by atoms with Crippen molar-refractivity contribution in [3.05, 3.63) is 143 Å². The molecule has 3 heteroatoms. The molecule has 4 aromatic rings. The molecular weight excluding hydrogens is 464 g/mol. The van der Waals surface area contributed by atoms with Crippen LogP contribution >= 0.6 is 0 Å². The Labute approximate surface area is 220 Å². The number of rotatable bonds is 6. The van der Waals surface area contributed by atoms with Crippen LogP contribution in [0, 0.1) is 22.7 Å². The van der Waals surface area contributed by atoms with E-state index in [9.17, 15) is 10.5 Å². The standard InChI is InChI=1S/C34H28N2Si/c1-3-37(4-2)33(29-21-13-11-19-27(29)23-35)31(25-15-7-5-8-16-25)32(26-17-9-6-10-18-26)34(37)30-22-14-12-20-28(30)24-36/h5-22H,3-4H2,1-2H3. The third-order valence-corrected chi connectivity index (χ3v) is 13.0. The molecule has 1 heterocycles. The smallest absolute Gasteiger partial charge is 0.121 e. The zero-order chi connectivity index (χ0) is 25.8. The molecule has 37 heavy (non-hydrogen) atoms. The van der Waals surface area contributed by atoms with Crippen LogP contribution < -0.4 is 0 Å². The zero-order valence-corrected chi connectivity index (χ0v) is 22.2. The molecule has 178 valence electrons. The van der Waals surface area contributed by atoms with Crippen LogP contribution in [0.4, 0.5) is 0 Å². The fourth-order valence-electron chi connectivity index (χ4n) is 5.98. The monoisotopic (exact) mass is 492 g/mol. The Kier molecular flexibility index (Phi) is 6.74. The SMILES string of the molecule is CC[Si]1(CC)C(c2ccccc2C#N)=C(c2ccccc2)C(c2ccccc2)=C1c1ccccc1C#N. The molecule has 0 unspecified atom stereocenters. The van der Waals surface area contributed by atoms with Gasteiger partial charge in [-0.2, -0.15) is 10.5 Å². The first-order chi connectivity index (χ1) is 18.2. The molecule has 0 fully saturated rings. The molecule has 5 rings (SSSR count). The van der Waals surface area contributed by atoms with Gasteiger partial charge in [-0.3, -0.25) is 0 Å². The lowest BCUT2D eigenvalue weighted by Crippen LogP contribution is -2.35. The third kappa shape index (κ3) is 3.95. The highest BCUT2D eigenvalue weighted by atomic mass is 28.3. The van der Waals surface area contributed by atoms with Gasteiger partial charge in [0.05, 0.1) is 23.3 Å². The first-order valence-electron chi connectivity index (χ1n) is 12.8. The van der Waals surface area contributed by atoms with E-state index in [1.807, 2.05) is 48.5 Å². The highest BCUT2D eigenvalue weighted by Crippen LogP contribution is 2.58. The van der Waals surface area contributed by atoms with Crippen molar-refractivity contribution in [3.63, 3.8) is 0 Å². The largest absolute Gasteiger partial charge is 0.192 e. The Hall–Kier alpha value is -4.44. The molecule has 1 aliphatic rings. The van der Waals surface area contributed by atoms with Gasteiger partial charge in [0.15, 0.2) is 0 Å². The van der Waals surface area contributed by atoms with E-state index in [-0.39, 0.29) is 0 Å². The zero-order valence-electron chi connectivity index (χ0n) is 21.2. The molecule has 0 aliphatic carbocycles. The van der Waals surface area contributed by atoms with Crippen LogP contribution in [0.1, 0.15) is 47.2 Å². The summed E-state index contributed by atoms with van der Waals surface area (Å²) < 4.78 is 0. The Balaban J connectivity index is 2.04. The lowest BCUT2D eigenvalue weighted by atomic mass is 9.88. The average Bonchev–Trinajstić information content (AvgIpc) is 3.29. The molecule has 0 amide bonds. The molecule has 0 aromatic heterocycles. The van der Waals surface area contributed by atoms with Crippen molar-refractivity contribution in [2.24, 2.45) is 0 Å².